The highest BCUT2D eigenvalue weighted by Gasteiger charge is 2.16. The Morgan fingerprint density at radius 3 is 2.55 bits per heavy atom. The number of guanidine groups is 1. The molecular weight excluding hydrogens is 380 g/mol. The first-order valence-electron chi connectivity index (χ1n) is 10.5. The van der Waals surface area contributed by atoms with E-state index in [2.05, 4.69) is 74.7 Å². The highest BCUT2D eigenvalue weighted by atomic mass is 32.1. The van der Waals surface area contributed by atoms with Gasteiger partial charge in [-0.2, -0.15) is 0 Å². The monoisotopic (exact) mass is 414 g/mol. The van der Waals surface area contributed by atoms with Crippen LogP contribution in [-0.2, 0) is 13.1 Å². The first-order valence-corrected chi connectivity index (χ1v) is 11.4. The number of piperazine rings is 1. The van der Waals surface area contributed by atoms with Crippen molar-refractivity contribution < 1.29 is 0 Å². The molecule has 0 aliphatic carbocycles. The molecule has 7 heteroatoms. The van der Waals surface area contributed by atoms with Crippen molar-refractivity contribution in [3.05, 3.63) is 52.0 Å². The van der Waals surface area contributed by atoms with Crippen molar-refractivity contribution >= 4 is 17.3 Å². The molecule has 0 bridgehead atoms. The topological polar surface area (TPSA) is 47.0 Å². The molecule has 1 aromatic heterocycles. The van der Waals surface area contributed by atoms with Crippen LogP contribution >= 0.6 is 11.3 Å². The molecule has 2 heterocycles. The third-order valence-electron chi connectivity index (χ3n) is 5.15. The van der Waals surface area contributed by atoms with E-state index in [-0.39, 0.29) is 0 Å². The Morgan fingerprint density at radius 2 is 1.90 bits per heavy atom. The summed E-state index contributed by atoms with van der Waals surface area (Å²) in [4.78, 5) is 16.6. The number of aryl methyl sites for hydroxylation is 1. The molecule has 0 amide bonds. The molecule has 1 aromatic carbocycles. The van der Waals surface area contributed by atoms with Crippen LogP contribution in [0.15, 0.2) is 40.7 Å². The maximum absolute atomic E-state index is 4.85. The van der Waals surface area contributed by atoms with Gasteiger partial charge in [-0.05, 0) is 19.4 Å². The second kappa shape index (κ2) is 11.3. The second-order valence-corrected chi connectivity index (χ2v) is 8.62. The average molecular weight is 415 g/mol. The number of aromatic nitrogens is 1. The third-order valence-corrected chi connectivity index (χ3v) is 5.98. The average Bonchev–Trinajstić information content (AvgIpc) is 3.14. The first-order chi connectivity index (χ1) is 14.1. The molecule has 0 radical (unpaired) electrons. The lowest BCUT2D eigenvalue weighted by Gasteiger charge is -2.34. The fraction of sp³-hybridized carbons (Fsp3) is 0.545. The maximum Gasteiger partial charge on any atom is 0.194 e. The fourth-order valence-corrected chi connectivity index (χ4v) is 4.18. The summed E-state index contributed by atoms with van der Waals surface area (Å²) < 4.78 is 0. The summed E-state index contributed by atoms with van der Waals surface area (Å²) in [6, 6.07) is 10.8. The Balaban J connectivity index is 1.42. The molecule has 29 heavy (non-hydrogen) atoms. The van der Waals surface area contributed by atoms with Crippen LogP contribution in [0.25, 0.3) is 0 Å². The van der Waals surface area contributed by atoms with Crippen LogP contribution in [0.4, 0.5) is 0 Å². The largest absolute Gasteiger partial charge is 0.357 e. The zero-order valence-electron chi connectivity index (χ0n) is 18.0. The van der Waals surface area contributed by atoms with Crippen LogP contribution in [0.3, 0.4) is 0 Å². The smallest absolute Gasteiger partial charge is 0.194 e. The number of nitrogens with one attached hydrogen (secondary N) is 1. The summed E-state index contributed by atoms with van der Waals surface area (Å²) in [6.07, 6.45) is 0. The molecule has 0 spiro atoms. The molecule has 1 aliphatic rings. The summed E-state index contributed by atoms with van der Waals surface area (Å²) in [5, 5.41) is 6.65. The van der Waals surface area contributed by atoms with Crippen molar-refractivity contribution in [2.45, 2.75) is 26.9 Å². The summed E-state index contributed by atoms with van der Waals surface area (Å²) >= 11 is 1.70. The maximum atomic E-state index is 4.85. The van der Waals surface area contributed by atoms with Gasteiger partial charge in [0.15, 0.2) is 5.96 Å². The van der Waals surface area contributed by atoms with Crippen LogP contribution in [0.5, 0.6) is 0 Å². The van der Waals surface area contributed by atoms with E-state index in [0.29, 0.717) is 0 Å². The number of benzene rings is 1. The molecule has 1 fully saturated rings. The van der Waals surface area contributed by atoms with Gasteiger partial charge in [-0.25, -0.2) is 4.98 Å². The van der Waals surface area contributed by atoms with Crippen molar-refractivity contribution in [3.8, 4) is 0 Å². The molecule has 3 rings (SSSR count). The number of hydrogen-bond acceptors (Lipinski definition) is 5. The lowest BCUT2D eigenvalue weighted by molar-refractivity contribution is 0.130. The quantitative estimate of drug-likeness (QED) is 0.532. The molecule has 158 valence electrons. The van der Waals surface area contributed by atoms with Gasteiger partial charge in [-0.15, -0.1) is 11.3 Å². The van der Waals surface area contributed by atoms with E-state index in [1.54, 1.807) is 11.3 Å². The third kappa shape index (κ3) is 7.10. The van der Waals surface area contributed by atoms with Gasteiger partial charge in [-0.1, -0.05) is 30.3 Å². The van der Waals surface area contributed by atoms with Gasteiger partial charge in [0.1, 0.15) is 0 Å². The number of hydrogen-bond donors (Lipinski definition) is 1. The Kier molecular flexibility index (Phi) is 8.46. The predicted molar refractivity (Wildman–Crippen MR) is 122 cm³/mol. The Labute approximate surface area is 179 Å². The van der Waals surface area contributed by atoms with E-state index in [4.69, 9.17) is 4.99 Å². The Hall–Kier alpha value is -1.96. The van der Waals surface area contributed by atoms with Gasteiger partial charge in [0, 0.05) is 58.2 Å². The van der Waals surface area contributed by atoms with E-state index in [1.165, 1.54) is 5.56 Å². The molecule has 0 saturated carbocycles. The Morgan fingerprint density at radius 1 is 1.17 bits per heavy atom. The van der Waals surface area contributed by atoms with Gasteiger partial charge in [0.25, 0.3) is 0 Å². The van der Waals surface area contributed by atoms with E-state index in [0.717, 1.165) is 75.6 Å². The zero-order valence-corrected chi connectivity index (χ0v) is 18.8. The standard InChI is InChI=1S/C22H34N6S/c1-4-23-22(26(3)17-21-18-29-19(2)25-21)24-10-11-27-12-14-28(15-13-27)16-20-8-6-5-7-9-20/h5-9,18H,4,10-17H2,1-3H3,(H,23,24). The normalized spacial score (nSPS) is 16.2. The van der Waals surface area contributed by atoms with Gasteiger partial charge in [0.05, 0.1) is 23.8 Å². The van der Waals surface area contributed by atoms with Gasteiger partial charge in [-0.3, -0.25) is 14.8 Å². The van der Waals surface area contributed by atoms with Crippen molar-refractivity contribution in [1.82, 2.24) is 25.0 Å². The van der Waals surface area contributed by atoms with E-state index in [1.807, 2.05) is 6.92 Å². The van der Waals surface area contributed by atoms with Crippen LogP contribution in [0.1, 0.15) is 23.2 Å². The summed E-state index contributed by atoms with van der Waals surface area (Å²) in [7, 11) is 2.08. The zero-order chi connectivity index (χ0) is 20.5. The molecule has 1 aliphatic heterocycles. The highest BCUT2D eigenvalue weighted by molar-refractivity contribution is 7.09. The lowest BCUT2D eigenvalue weighted by Crippen LogP contribution is -2.46. The summed E-state index contributed by atoms with van der Waals surface area (Å²) in [6.45, 7) is 13.2. The first kappa shape index (κ1) is 21.7. The van der Waals surface area contributed by atoms with E-state index < -0.39 is 0 Å². The summed E-state index contributed by atoms with van der Waals surface area (Å²) in [5.41, 5.74) is 2.51. The number of nitrogens with zero attached hydrogens (tertiary/aromatic N) is 5. The van der Waals surface area contributed by atoms with Crippen molar-refractivity contribution in [2.75, 3.05) is 52.9 Å². The Bertz CT molecular complexity index is 752. The lowest BCUT2D eigenvalue weighted by atomic mass is 10.2. The number of aliphatic imine (C=N–C) groups is 1. The molecule has 0 atom stereocenters. The molecule has 1 N–H and O–H groups in total. The van der Waals surface area contributed by atoms with Gasteiger partial charge < -0.3 is 10.2 Å². The number of thiazole rings is 1. The number of rotatable bonds is 8. The van der Waals surface area contributed by atoms with E-state index in [9.17, 15) is 0 Å². The molecular formula is C22H34N6S. The predicted octanol–water partition coefficient (Wildman–Crippen LogP) is 2.67. The second-order valence-electron chi connectivity index (χ2n) is 7.55. The summed E-state index contributed by atoms with van der Waals surface area (Å²) in [5.74, 6) is 0.959. The highest BCUT2D eigenvalue weighted by Crippen LogP contribution is 2.10. The SMILES string of the molecule is CCNC(=NCCN1CCN(Cc2ccccc2)CC1)N(C)Cc1csc(C)n1. The van der Waals surface area contributed by atoms with Gasteiger partial charge in [0.2, 0.25) is 0 Å². The van der Waals surface area contributed by atoms with E-state index >= 15 is 0 Å². The van der Waals surface area contributed by atoms with Crippen LogP contribution in [-0.4, -0.2) is 78.5 Å². The van der Waals surface area contributed by atoms with Crippen molar-refractivity contribution in [3.63, 3.8) is 0 Å². The minimum atomic E-state index is 0.786. The van der Waals surface area contributed by atoms with Crippen LogP contribution in [0.2, 0.25) is 0 Å². The van der Waals surface area contributed by atoms with Gasteiger partial charge >= 0.3 is 0 Å². The van der Waals surface area contributed by atoms with Crippen molar-refractivity contribution in [2.24, 2.45) is 4.99 Å². The minimum Gasteiger partial charge on any atom is -0.357 e. The molecule has 1 saturated heterocycles. The molecule has 2 aromatic rings. The molecule has 0 unspecified atom stereocenters. The van der Waals surface area contributed by atoms with Crippen LogP contribution < -0.4 is 5.32 Å². The van der Waals surface area contributed by atoms with Crippen molar-refractivity contribution in [1.29, 1.82) is 0 Å². The minimum absolute atomic E-state index is 0.786. The van der Waals surface area contributed by atoms with Crippen LogP contribution in [0, 0.1) is 6.92 Å². The molecule has 6 nitrogen and oxygen atoms in total. The fourth-order valence-electron chi connectivity index (χ4n) is 3.58.